The Balaban J connectivity index is 1.85. The Kier molecular flexibility index (Phi) is 8.18. The number of pyridine rings is 1. The first-order valence-corrected chi connectivity index (χ1v) is 16.0. The van der Waals surface area contributed by atoms with Crippen molar-refractivity contribution in [1.82, 2.24) is 9.97 Å². The molecule has 0 saturated carbocycles. The number of carbonyl (C=O) groups is 1. The number of nitrogens with zero attached hydrogens (tertiary/aromatic N) is 3. The molecule has 0 bridgehead atoms. The van der Waals surface area contributed by atoms with Crippen LogP contribution in [-0.4, -0.2) is 43.1 Å². The van der Waals surface area contributed by atoms with Gasteiger partial charge in [0.15, 0.2) is 5.13 Å². The Hall–Kier alpha value is -2.26. The molecule has 9 heteroatoms. The van der Waals surface area contributed by atoms with Crippen molar-refractivity contribution in [2.75, 3.05) is 18.2 Å². The number of anilines is 1. The Bertz CT molecular complexity index is 1170. The molecular formula is C25H32ClN3O3SSi. The number of amides is 1. The number of ether oxygens (including phenoxy) is 2. The number of benzene rings is 1. The van der Waals surface area contributed by atoms with E-state index in [1.165, 1.54) is 16.2 Å². The van der Waals surface area contributed by atoms with E-state index in [4.69, 9.17) is 26.1 Å². The molecule has 0 spiro atoms. The second-order valence-electron chi connectivity index (χ2n) is 10.3. The van der Waals surface area contributed by atoms with Crippen molar-refractivity contribution < 1.29 is 14.3 Å². The van der Waals surface area contributed by atoms with Crippen LogP contribution in [0.25, 0.3) is 15.9 Å². The van der Waals surface area contributed by atoms with E-state index in [0.29, 0.717) is 27.1 Å². The predicted molar refractivity (Wildman–Crippen MR) is 145 cm³/mol. The number of hydrogen-bond donors (Lipinski definition) is 0. The van der Waals surface area contributed by atoms with E-state index in [1.807, 2.05) is 57.2 Å². The highest BCUT2D eigenvalue weighted by Gasteiger charge is 2.27. The van der Waals surface area contributed by atoms with Gasteiger partial charge in [0.25, 0.3) is 0 Å². The maximum absolute atomic E-state index is 13.0. The number of rotatable bonds is 8. The molecule has 1 aromatic carbocycles. The Morgan fingerprint density at radius 3 is 2.41 bits per heavy atom. The quantitative estimate of drug-likeness (QED) is 0.176. The maximum atomic E-state index is 13.0. The Morgan fingerprint density at radius 2 is 1.79 bits per heavy atom. The van der Waals surface area contributed by atoms with E-state index in [1.54, 1.807) is 0 Å². The number of thiazole rings is 1. The first kappa shape index (κ1) is 26.3. The molecule has 0 N–H and O–H groups in total. The lowest BCUT2D eigenvalue weighted by Gasteiger charge is -2.26. The lowest BCUT2D eigenvalue weighted by Crippen LogP contribution is -2.38. The molecule has 0 aliphatic heterocycles. The molecule has 0 radical (unpaired) electrons. The Labute approximate surface area is 211 Å². The first-order valence-electron chi connectivity index (χ1n) is 11.1. The van der Waals surface area contributed by atoms with Gasteiger partial charge in [0.05, 0.1) is 5.69 Å². The zero-order valence-electron chi connectivity index (χ0n) is 20.6. The summed E-state index contributed by atoms with van der Waals surface area (Å²) in [4.78, 5) is 24.5. The number of fused-ring (bicyclic) bond motifs is 1. The molecule has 182 valence electrons. The third kappa shape index (κ3) is 7.37. The van der Waals surface area contributed by atoms with E-state index >= 15 is 0 Å². The fraction of sp³-hybridized carbons (Fsp3) is 0.400. The summed E-state index contributed by atoms with van der Waals surface area (Å²) < 4.78 is 11.5. The first-order chi connectivity index (χ1) is 15.8. The predicted octanol–water partition coefficient (Wildman–Crippen LogP) is 7.46. The number of carbonyl (C=O) groups excluding carboxylic acids is 1. The fourth-order valence-corrected chi connectivity index (χ4v) is 4.72. The monoisotopic (exact) mass is 517 g/mol. The second kappa shape index (κ2) is 10.6. The van der Waals surface area contributed by atoms with Crippen molar-refractivity contribution in [2.45, 2.75) is 52.1 Å². The summed E-state index contributed by atoms with van der Waals surface area (Å²) in [5.41, 5.74) is 2.52. The highest BCUT2D eigenvalue weighted by atomic mass is 35.5. The van der Waals surface area contributed by atoms with E-state index in [-0.39, 0.29) is 6.73 Å². The average Bonchev–Trinajstić information content (AvgIpc) is 3.14. The summed E-state index contributed by atoms with van der Waals surface area (Å²) in [6.45, 7) is 17.2. The standard InChI is InChI=1S/C25H32ClN3O3SSi/c1-17(18-8-10-19(26)11-9-18)20-12-13-21-22(27-20)33-23(28-21)29(24(30)32-25(2,3)4)16-31-14-15-34(5,6)7/h8-13H,1,14-16H2,2-7H3. The van der Waals surface area contributed by atoms with E-state index < -0.39 is 19.8 Å². The van der Waals surface area contributed by atoms with Crippen LogP contribution in [0.1, 0.15) is 32.0 Å². The molecule has 0 aliphatic carbocycles. The zero-order chi connectivity index (χ0) is 25.1. The van der Waals surface area contributed by atoms with Crippen LogP contribution in [0.5, 0.6) is 0 Å². The van der Waals surface area contributed by atoms with Gasteiger partial charge in [-0.25, -0.2) is 19.7 Å². The highest BCUT2D eigenvalue weighted by Crippen LogP contribution is 2.31. The summed E-state index contributed by atoms with van der Waals surface area (Å²) >= 11 is 7.33. The molecule has 0 fully saturated rings. The van der Waals surface area contributed by atoms with Crippen LogP contribution in [0, 0.1) is 0 Å². The summed E-state index contributed by atoms with van der Waals surface area (Å²) in [5.74, 6) is 0. The average molecular weight is 518 g/mol. The summed E-state index contributed by atoms with van der Waals surface area (Å²) in [6, 6.07) is 12.3. The van der Waals surface area contributed by atoms with Gasteiger partial charge < -0.3 is 9.47 Å². The molecular weight excluding hydrogens is 486 g/mol. The van der Waals surface area contributed by atoms with Crippen LogP contribution in [0.2, 0.25) is 30.7 Å². The van der Waals surface area contributed by atoms with Crippen LogP contribution >= 0.6 is 22.9 Å². The minimum Gasteiger partial charge on any atom is -0.443 e. The van der Waals surface area contributed by atoms with E-state index in [9.17, 15) is 4.79 Å². The van der Waals surface area contributed by atoms with Crippen molar-refractivity contribution in [1.29, 1.82) is 0 Å². The van der Waals surface area contributed by atoms with Gasteiger partial charge in [-0.2, -0.15) is 0 Å². The SMILES string of the molecule is C=C(c1ccc(Cl)cc1)c1ccc2nc(N(COCC[Si](C)(C)C)C(=O)OC(C)(C)C)sc2n1. The van der Waals surface area contributed by atoms with Gasteiger partial charge >= 0.3 is 6.09 Å². The fourth-order valence-electron chi connectivity index (χ4n) is 2.93. The van der Waals surface area contributed by atoms with Crippen molar-refractivity contribution in [3.8, 4) is 0 Å². The lowest BCUT2D eigenvalue weighted by atomic mass is 10.0. The molecule has 0 saturated heterocycles. The van der Waals surface area contributed by atoms with Crippen molar-refractivity contribution in [2.24, 2.45) is 0 Å². The maximum Gasteiger partial charge on any atom is 0.418 e. The van der Waals surface area contributed by atoms with Gasteiger partial charge in [-0.15, -0.1) is 0 Å². The zero-order valence-corrected chi connectivity index (χ0v) is 23.2. The largest absolute Gasteiger partial charge is 0.443 e. The third-order valence-corrected chi connectivity index (χ3v) is 7.75. The van der Waals surface area contributed by atoms with Crippen LogP contribution in [0.4, 0.5) is 9.93 Å². The van der Waals surface area contributed by atoms with Gasteiger partial charge in [-0.05, 0) is 56.6 Å². The molecule has 2 aromatic heterocycles. The van der Waals surface area contributed by atoms with Gasteiger partial charge in [0, 0.05) is 25.3 Å². The topological polar surface area (TPSA) is 64.6 Å². The van der Waals surface area contributed by atoms with Crippen LogP contribution in [0.15, 0.2) is 43.0 Å². The lowest BCUT2D eigenvalue weighted by molar-refractivity contribution is 0.0500. The molecule has 6 nitrogen and oxygen atoms in total. The molecule has 3 rings (SSSR count). The van der Waals surface area contributed by atoms with Crippen LogP contribution in [-0.2, 0) is 9.47 Å². The smallest absolute Gasteiger partial charge is 0.418 e. The van der Waals surface area contributed by atoms with Crippen molar-refractivity contribution in [3.05, 3.63) is 59.3 Å². The van der Waals surface area contributed by atoms with Crippen molar-refractivity contribution in [3.63, 3.8) is 0 Å². The minimum atomic E-state index is -1.25. The number of halogens is 1. The van der Waals surface area contributed by atoms with Gasteiger partial charge in [-0.3, -0.25) is 0 Å². The number of aromatic nitrogens is 2. The van der Waals surface area contributed by atoms with Crippen LogP contribution in [0.3, 0.4) is 0 Å². The summed E-state index contributed by atoms with van der Waals surface area (Å²) in [7, 11) is -1.25. The van der Waals surface area contributed by atoms with E-state index in [2.05, 4.69) is 31.2 Å². The summed E-state index contributed by atoms with van der Waals surface area (Å²) in [6.07, 6.45) is -0.495. The molecule has 0 unspecified atom stereocenters. The third-order valence-electron chi connectivity index (χ3n) is 4.81. The van der Waals surface area contributed by atoms with Crippen molar-refractivity contribution >= 4 is 58.2 Å². The van der Waals surface area contributed by atoms with Gasteiger partial charge in [0.1, 0.15) is 22.7 Å². The number of hydrogen-bond acceptors (Lipinski definition) is 6. The normalized spacial score (nSPS) is 12.1. The molecule has 3 aromatic rings. The van der Waals surface area contributed by atoms with E-state index in [0.717, 1.165) is 22.9 Å². The van der Waals surface area contributed by atoms with Crippen LogP contribution < -0.4 is 4.90 Å². The molecule has 0 aliphatic rings. The molecule has 2 heterocycles. The summed E-state index contributed by atoms with van der Waals surface area (Å²) in [5, 5.41) is 1.15. The Morgan fingerprint density at radius 1 is 1.12 bits per heavy atom. The molecule has 0 atom stereocenters. The molecule has 1 amide bonds. The minimum absolute atomic E-state index is 0.0730. The van der Waals surface area contributed by atoms with Gasteiger partial charge in [0.2, 0.25) is 0 Å². The van der Waals surface area contributed by atoms with Gasteiger partial charge in [-0.1, -0.05) is 61.3 Å². The molecule has 34 heavy (non-hydrogen) atoms. The highest BCUT2D eigenvalue weighted by molar-refractivity contribution is 7.22. The second-order valence-corrected chi connectivity index (χ2v) is 17.3.